The molecule has 1 saturated heterocycles. The number of H-pyrrole nitrogens is 1. The number of nitrogens with zero attached hydrogens (tertiary/aromatic N) is 2. The number of aryl methyl sites for hydroxylation is 2. The van der Waals surface area contributed by atoms with E-state index in [9.17, 15) is 14.7 Å². The van der Waals surface area contributed by atoms with Gasteiger partial charge in [-0.05, 0) is 48.6 Å². The summed E-state index contributed by atoms with van der Waals surface area (Å²) in [4.78, 5) is 32.2. The number of carbonyl (C=O) groups is 2. The van der Waals surface area contributed by atoms with E-state index in [4.69, 9.17) is 0 Å². The van der Waals surface area contributed by atoms with E-state index in [1.807, 2.05) is 30.9 Å². The molecule has 1 aromatic heterocycles. The molecule has 0 spiro atoms. The second-order valence-corrected chi connectivity index (χ2v) is 10.1. The second-order valence-electron chi connectivity index (χ2n) is 10.1. The van der Waals surface area contributed by atoms with Crippen molar-refractivity contribution in [1.29, 1.82) is 0 Å². The number of amides is 1. The number of piperazine rings is 1. The Kier molecular flexibility index (Phi) is 5.95. The van der Waals surface area contributed by atoms with Crippen LogP contribution >= 0.6 is 0 Å². The molecular formula is C27H33N3O3. The first-order chi connectivity index (χ1) is 15.5. The van der Waals surface area contributed by atoms with Gasteiger partial charge < -0.3 is 19.9 Å². The van der Waals surface area contributed by atoms with E-state index < -0.39 is 5.97 Å². The fraction of sp³-hybridized carbons (Fsp3) is 0.407. The minimum atomic E-state index is -1.03. The first kappa shape index (κ1) is 22.9. The third-order valence-electron chi connectivity index (χ3n) is 6.63. The molecule has 1 aliphatic heterocycles. The minimum absolute atomic E-state index is 0.0275. The van der Waals surface area contributed by atoms with Crippen molar-refractivity contribution in [1.82, 2.24) is 9.88 Å². The van der Waals surface area contributed by atoms with Crippen LogP contribution in [0.5, 0.6) is 0 Å². The van der Waals surface area contributed by atoms with Crippen LogP contribution in [0.25, 0.3) is 10.9 Å². The topological polar surface area (TPSA) is 76.6 Å². The van der Waals surface area contributed by atoms with Crippen LogP contribution < -0.4 is 4.90 Å². The van der Waals surface area contributed by atoms with Gasteiger partial charge in [0.2, 0.25) is 5.91 Å². The quantitative estimate of drug-likeness (QED) is 0.609. The maximum atomic E-state index is 13.2. The second kappa shape index (κ2) is 8.58. The van der Waals surface area contributed by atoms with Crippen LogP contribution in [0.1, 0.15) is 53.5 Å². The van der Waals surface area contributed by atoms with Crippen LogP contribution in [0, 0.1) is 13.8 Å². The first-order valence-corrected chi connectivity index (χ1v) is 11.5. The van der Waals surface area contributed by atoms with Crippen molar-refractivity contribution in [2.45, 2.75) is 46.5 Å². The molecule has 4 rings (SSSR count). The van der Waals surface area contributed by atoms with Crippen LogP contribution in [0.3, 0.4) is 0 Å². The Morgan fingerprint density at radius 1 is 1.00 bits per heavy atom. The molecule has 1 aliphatic rings. The van der Waals surface area contributed by atoms with Gasteiger partial charge in [0.25, 0.3) is 0 Å². The van der Waals surface area contributed by atoms with Gasteiger partial charge in [0.15, 0.2) is 0 Å². The van der Waals surface area contributed by atoms with Crippen molar-refractivity contribution in [3.63, 3.8) is 0 Å². The molecule has 0 aliphatic carbocycles. The highest BCUT2D eigenvalue weighted by Gasteiger charge is 2.26. The number of aromatic carboxylic acids is 1. The van der Waals surface area contributed by atoms with E-state index in [2.05, 4.69) is 54.9 Å². The van der Waals surface area contributed by atoms with Gasteiger partial charge in [-0.3, -0.25) is 4.79 Å². The van der Waals surface area contributed by atoms with Gasteiger partial charge in [-0.15, -0.1) is 0 Å². The maximum Gasteiger partial charge on any atom is 0.352 e. The number of carboxylic acid groups (broad SMARTS) is 1. The number of anilines is 1. The fourth-order valence-corrected chi connectivity index (χ4v) is 4.72. The Bertz CT molecular complexity index is 1190. The van der Waals surface area contributed by atoms with Crippen molar-refractivity contribution in [2.75, 3.05) is 31.1 Å². The number of aromatic nitrogens is 1. The van der Waals surface area contributed by atoms with Crippen LogP contribution in [0.15, 0.2) is 36.4 Å². The summed E-state index contributed by atoms with van der Waals surface area (Å²) in [5.74, 6) is -1.06. The molecule has 0 unspecified atom stereocenters. The zero-order valence-electron chi connectivity index (χ0n) is 20.2. The molecule has 33 heavy (non-hydrogen) atoms. The Balaban J connectivity index is 1.47. The van der Waals surface area contributed by atoms with Crippen molar-refractivity contribution < 1.29 is 14.7 Å². The van der Waals surface area contributed by atoms with Crippen molar-refractivity contribution in [3.8, 4) is 0 Å². The monoisotopic (exact) mass is 447 g/mol. The average molecular weight is 448 g/mol. The molecule has 2 N–H and O–H groups in total. The molecule has 6 heteroatoms. The Morgan fingerprint density at radius 3 is 2.21 bits per heavy atom. The summed E-state index contributed by atoms with van der Waals surface area (Å²) < 4.78 is 0. The molecule has 6 nitrogen and oxygen atoms in total. The van der Waals surface area contributed by atoms with E-state index in [1.54, 1.807) is 0 Å². The predicted octanol–water partition coefficient (Wildman–Crippen LogP) is 4.67. The molecule has 2 aromatic carbocycles. The number of fused-ring (bicyclic) bond motifs is 1. The number of nitrogens with one attached hydrogen (secondary N) is 1. The van der Waals surface area contributed by atoms with Crippen molar-refractivity contribution in [3.05, 3.63) is 64.3 Å². The summed E-state index contributed by atoms with van der Waals surface area (Å²) >= 11 is 0. The lowest BCUT2D eigenvalue weighted by molar-refractivity contribution is -0.130. The number of hydrogen-bond donors (Lipinski definition) is 2. The highest BCUT2D eigenvalue weighted by atomic mass is 16.4. The summed E-state index contributed by atoms with van der Waals surface area (Å²) in [6.45, 7) is 13.3. The van der Waals surface area contributed by atoms with Crippen molar-refractivity contribution >= 4 is 28.5 Å². The smallest absolute Gasteiger partial charge is 0.352 e. The van der Waals surface area contributed by atoms with Gasteiger partial charge in [0, 0.05) is 48.3 Å². The van der Waals surface area contributed by atoms with Crippen molar-refractivity contribution in [2.24, 2.45) is 0 Å². The Morgan fingerprint density at radius 2 is 1.64 bits per heavy atom. The SMILES string of the molecule is Cc1cc(C)c2[nH]c(C(=O)O)c(CC(=O)N3CCN(c4ccc(C(C)(C)C)cc4)CC3)c2c1. The normalized spacial score (nSPS) is 14.7. The number of hydrogen-bond acceptors (Lipinski definition) is 3. The van der Waals surface area contributed by atoms with E-state index in [-0.39, 0.29) is 23.4 Å². The summed E-state index contributed by atoms with van der Waals surface area (Å²) in [5, 5.41) is 10.5. The number of carbonyl (C=O) groups excluding carboxylic acids is 1. The lowest BCUT2D eigenvalue weighted by Gasteiger charge is -2.36. The van der Waals surface area contributed by atoms with E-state index in [0.29, 0.717) is 18.7 Å². The third kappa shape index (κ3) is 4.61. The standard InChI is InChI=1S/C27H33N3O3/c1-17-14-18(2)24-21(15-17)22(25(28-24)26(32)33)16-23(31)30-12-10-29(11-13-30)20-8-6-19(7-9-20)27(3,4)5/h6-9,14-15,28H,10-13,16H2,1-5H3,(H,32,33). The third-order valence-corrected chi connectivity index (χ3v) is 6.63. The van der Waals surface area contributed by atoms with Gasteiger partial charge in [0.1, 0.15) is 5.69 Å². The number of aromatic amines is 1. The lowest BCUT2D eigenvalue weighted by atomic mass is 9.87. The molecule has 0 atom stereocenters. The summed E-state index contributed by atoms with van der Waals surface area (Å²) in [7, 11) is 0. The van der Waals surface area contributed by atoms with Gasteiger partial charge >= 0.3 is 5.97 Å². The molecule has 0 radical (unpaired) electrons. The average Bonchev–Trinajstić information content (AvgIpc) is 3.12. The highest BCUT2D eigenvalue weighted by Crippen LogP contribution is 2.29. The molecular weight excluding hydrogens is 414 g/mol. The van der Waals surface area contributed by atoms with Gasteiger partial charge in [0.05, 0.1) is 6.42 Å². The van der Waals surface area contributed by atoms with Gasteiger partial charge in [-0.25, -0.2) is 4.79 Å². The molecule has 2 heterocycles. The van der Waals surface area contributed by atoms with Crippen LogP contribution in [0.4, 0.5) is 5.69 Å². The van der Waals surface area contributed by atoms with E-state index in [1.165, 1.54) is 11.3 Å². The molecule has 1 fully saturated rings. The molecule has 0 bridgehead atoms. The predicted molar refractivity (Wildman–Crippen MR) is 132 cm³/mol. The minimum Gasteiger partial charge on any atom is -0.477 e. The largest absolute Gasteiger partial charge is 0.477 e. The zero-order valence-corrected chi connectivity index (χ0v) is 20.2. The highest BCUT2D eigenvalue weighted by molar-refractivity contribution is 6.01. The lowest BCUT2D eigenvalue weighted by Crippen LogP contribution is -2.49. The van der Waals surface area contributed by atoms with E-state index in [0.717, 1.165) is 35.1 Å². The first-order valence-electron chi connectivity index (χ1n) is 11.5. The van der Waals surface area contributed by atoms with Crippen LogP contribution in [0.2, 0.25) is 0 Å². The maximum absolute atomic E-state index is 13.2. The summed E-state index contributed by atoms with van der Waals surface area (Å²) in [6.07, 6.45) is 0.0881. The zero-order chi connectivity index (χ0) is 23.9. The Labute approximate surface area is 195 Å². The number of benzene rings is 2. The summed E-state index contributed by atoms with van der Waals surface area (Å²) in [5.41, 5.74) is 6.12. The Hall–Kier alpha value is -3.28. The summed E-state index contributed by atoms with van der Waals surface area (Å²) in [6, 6.07) is 12.7. The van der Waals surface area contributed by atoms with Crippen LogP contribution in [-0.2, 0) is 16.6 Å². The van der Waals surface area contributed by atoms with Gasteiger partial charge in [-0.2, -0.15) is 0 Å². The van der Waals surface area contributed by atoms with Crippen LogP contribution in [-0.4, -0.2) is 53.0 Å². The molecule has 3 aromatic rings. The molecule has 0 saturated carbocycles. The van der Waals surface area contributed by atoms with Gasteiger partial charge in [-0.1, -0.05) is 44.5 Å². The number of rotatable bonds is 4. The number of carboxylic acids is 1. The molecule has 1 amide bonds. The molecule has 174 valence electrons. The van der Waals surface area contributed by atoms with E-state index >= 15 is 0 Å². The fourth-order valence-electron chi connectivity index (χ4n) is 4.72.